The summed E-state index contributed by atoms with van der Waals surface area (Å²) < 4.78 is 134. The highest BCUT2D eigenvalue weighted by molar-refractivity contribution is 7.51. The van der Waals surface area contributed by atoms with Gasteiger partial charge in [0.25, 0.3) is 0 Å². The summed E-state index contributed by atoms with van der Waals surface area (Å²) in [5.41, 5.74) is -2.65. The summed E-state index contributed by atoms with van der Waals surface area (Å²) in [5, 5.41) is 4.28. The first kappa shape index (κ1) is 40.0. The standard InChI is InChI=1S/C37H34F7N4O6P/c1-24(28-18-29(36(39,40)41)20-30(19-28)37(42,43)44)54-34-33(27-12-14-31(38)15-13-27)47(16-17-51-34)21-32-45-35(49)48(46-32)55(50,52-22-25-8-4-2-5-9-25)53-23-26-10-6-3-7-11-26/h2-15,18-20,24,33-34H,16-17,21-23H2,1H3,(H,45,46,49)/t24?,33-,34+/m0/s1. The molecular weight excluding hydrogens is 760 g/mol. The molecule has 1 unspecified atom stereocenters. The van der Waals surface area contributed by atoms with Gasteiger partial charge in [-0.15, -0.1) is 9.55 Å². The van der Waals surface area contributed by atoms with Crippen LogP contribution in [-0.4, -0.2) is 38.9 Å². The summed E-state index contributed by atoms with van der Waals surface area (Å²) in [6.45, 7) is 0.855. The highest BCUT2D eigenvalue weighted by Crippen LogP contribution is 2.49. The van der Waals surface area contributed by atoms with E-state index in [0.29, 0.717) is 33.3 Å². The fourth-order valence-corrected chi connectivity index (χ4v) is 7.30. The van der Waals surface area contributed by atoms with E-state index in [-0.39, 0.29) is 44.8 Å². The number of H-pyrrole nitrogens is 1. The van der Waals surface area contributed by atoms with Gasteiger partial charge in [-0.2, -0.15) is 26.3 Å². The zero-order valence-electron chi connectivity index (χ0n) is 29.0. The maximum Gasteiger partial charge on any atom is 0.460 e. The second-order valence-electron chi connectivity index (χ2n) is 12.6. The third-order valence-corrected chi connectivity index (χ3v) is 10.3. The van der Waals surface area contributed by atoms with Crippen molar-refractivity contribution in [1.82, 2.24) is 19.4 Å². The van der Waals surface area contributed by atoms with E-state index >= 15 is 0 Å². The van der Waals surface area contributed by atoms with Crippen molar-refractivity contribution in [3.63, 3.8) is 0 Å². The van der Waals surface area contributed by atoms with E-state index in [1.807, 2.05) is 0 Å². The molecule has 0 bridgehead atoms. The van der Waals surface area contributed by atoms with Gasteiger partial charge in [-0.3, -0.25) is 18.9 Å². The number of nitrogens with zero attached hydrogens (tertiary/aromatic N) is 3. The van der Waals surface area contributed by atoms with E-state index in [4.69, 9.17) is 18.5 Å². The number of hydrogen-bond donors (Lipinski definition) is 1. The van der Waals surface area contributed by atoms with Crippen molar-refractivity contribution in [1.29, 1.82) is 0 Å². The van der Waals surface area contributed by atoms with Gasteiger partial charge < -0.3 is 9.47 Å². The van der Waals surface area contributed by atoms with Crippen LogP contribution in [0.2, 0.25) is 0 Å². The molecule has 0 spiro atoms. The Kier molecular flexibility index (Phi) is 12.1. The zero-order valence-corrected chi connectivity index (χ0v) is 29.9. The number of aromatic nitrogens is 3. The number of hydrogen-bond acceptors (Lipinski definition) is 8. The molecule has 4 aromatic carbocycles. The summed E-state index contributed by atoms with van der Waals surface area (Å²) >= 11 is 0. The maximum absolute atomic E-state index is 14.3. The molecule has 0 saturated carbocycles. The Bertz CT molecular complexity index is 2070. The minimum absolute atomic E-state index is 0.00893. The minimum Gasteiger partial charge on any atom is -0.349 e. The number of nitrogens with one attached hydrogen (secondary N) is 1. The fraction of sp³-hybridized carbons (Fsp3) is 0.297. The normalized spacial score (nSPS) is 17.7. The number of alkyl halides is 6. The quantitative estimate of drug-likeness (QED) is 0.0932. The maximum atomic E-state index is 14.3. The molecule has 10 nitrogen and oxygen atoms in total. The lowest BCUT2D eigenvalue weighted by atomic mass is 10.0. The summed E-state index contributed by atoms with van der Waals surface area (Å²) in [5.74, 6) is -0.586. The van der Waals surface area contributed by atoms with Crippen molar-refractivity contribution in [2.75, 3.05) is 13.2 Å². The highest BCUT2D eigenvalue weighted by atomic mass is 31.2. The lowest BCUT2D eigenvalue weighted by Gasteiger charge is -2.41. The number of morpholine rings is 1. The van der Waals surface area contributed by atoms with Gasteiger partial charge in [0.05, 0.1) is 49.6 Å². The minimum atomic E-state index is -5.08. The monoisotopic (exact) mass is 794 g/mol. The fourth-order valence-electron chi connectivity index (χ4n) is 5.90. The molecule has 0 amide bonds. The second kappa shape index (κ2) is 16.6. The first-order chi connectivity index (χ1) is 26.1. The number of aromatic amines is 1. The summed E-state index contributed by atoms with van der Waals surface area (Å²) in [7, 11) is -4.46. The summed E-state index contributed by atoms with van der Waals surface area (Å²) in [4.78, 5) is 17.6. The van der Waals surface area contributed by atoms with Crippen molar-refractivity contribution in [3.8, 4) is 0 Å². The van der Waals surface area contributed by atoms with Gasteiger partial charge in [-0.05, 0) is 59.5 Å². The molecule has 1 aliphatic heterocycles. The van der Waals surface area contributed by atoms with Crippen LogP contribution < -0.4 is 5.69 Å². The molecule has 3 atom stereocenters. The van der Waals surface area contributed by atoms with Crippen LogP contribution in [0.25, 0.3) is 0 Å². The molecule has 0 aliphatic carbocycles. The van der Waals surface area contributed by atoms with E-state index in [0.717, 1.165) is 12.1 Å². The van der Waals surface area contributed by atoms with Crippen LogP contribution in [0, 0.1) is 5.82 Å². The van der Waals surface area contributed by atoms with Crippen LogP contribution >= 0.6 is 7.75 Å². The van der Waals surface area contributed by atoms with Crippen LogP contribution in [0.1, 0.15) is 58.3 Å². The van der Waals surface area contributed by atoms with Crippen LogP contribution in [-0.2, 0) is 55.2 Å². The van der Waals surface area contributed by atoms with Crippen molar-refractivity contribution in [3.05, 3.63) is 159 Å². The average molecular weight is 795 g/mol. The Morgan fingerprint density at radius 3 is 1.93 bits per heavy atom. The Labute approximate surface area is 310 Å². The molecule has 0 radical (unpaired) electrons. The van der Waals surface area contributed by atoms with Crippen LogP contribution in [0.15, 0.2) is 108 Å². The molecule has 6 rings (SSSR count). The molecule has 1 N–H and O–H groups in total. The predicted molar refractivity (Wildman–Crippen MR) is 184 cm³/mol. The number of ether oxygens (including phenoxy) is 2. The second-order valence-corrected chi connectivity index (χ2v) is 14.4. The van der Waals surface area contributed by atoms with Crippen LogP contribution in [0.5, 0.6) is 0 Å². The molecule has 18 heteroatoms. The summed E-state index contributed by atoms with van der Waals surface area (Å²) in [6.07, 6.45) is -12.8. The molecule has 292 valence electrons. The molecular formula is C37H34F7N4O6P. The van der Waals surface area contributed by atoms with E-state index in [1.165, 1.54) is 19.1 Å². The Hall–Kier alpha value is -4.64. The van der Waals surface area contributed by atoms with Crippen molar-refractivity contribution < 1.29 is 53.8 Å². The first-order valence-corrected chi connectivity index (χ1v) is 18.3. The Morgan fingerprint density at radius 2 is 1.40 bits per heavy atom. The topological polar surface area (TPSA) is 108 Å². The van der Waals surface area contributed by atoms with Crippen LogP contribution in [0.3, 0.4) is 0 Å². The van der Waals surface area contributed by atoms with Crippen molar-refractivity contribution >= 4 is 7.75 Å². The summed E-state index contributed by atoms with van der Waals surface area (Å²) in [6, 6.07) is 22.9. The molecule has 1 fully saturated rings. The van der Waals surface area contributed by atoms with Crippen molar-refractivity contribution in [2.45, 2.75) is 57.5 Å². The van der Waals surface area contributed by atoms with E-state index in [9.17, 15) is 40.1 Å². The van der Waals surface area contributed by atoms with Gasteiger partial charge in [-0.1, -0.05) is 72.8 Å². The highest BCUT2D eigenvalue weighted by Gasteiger charge is 2.40. The van der Waals surface area contributed by atoms with Crippen LogP contribution in [0.4, 0.5) is 30.7 Å². The average Bonchev–Trinajstić information content (AvgIpc) is 3.54. The SMILES string of the molecule is CC(O[C@H]1OCCN(Cc2nn(P(=O)(OCc3ccccc3)OCc3ccccc3)c(=O)[nH]2)[C@H]1c1ccc(F)cc1)c1cc(C(F)(F)F)cc(C(F)(F)F)c1. The van der Waals surface area contributed by atoms with E-state index < -0.39 is 66.7 Å². The molecule has 1 saturated heterocycles. The number of rotatable bonds is 13. The third kappa shape index (κ3) is 9.97. The van der Waals surface area contributed by atoms with Gasteiger partial charge >= 0.3 is 25.8 Å². The zero-order chi connectivity index (χ0) is 39.4. The van der Waals surface area contributed by atoms with Gasteiger partial charge in [0.1, 0.15) is 11.6 Å². The Morgan fingerprint density at radius 1 is 0.855 bits per heavy atom. The number of halogens is 7. The molecule has 1 aliphatic rings. The number of benzene rings is 4. The lowest BCUT2D eigenvalue weighted by molar-refractivity contribution is -0.231. The molecule has 5 aromatic rings. The van der Waals surface area contributed by atoms with Gasteiger partial charge in [0.15, 0.2) is 6.29 Å². The Balaban J connectivity index is 1.29. The largest absolute Gasteiger partial charge is 0.460 e. The van der Waals surface area contributed by atoms with Gasteiger partial charge in [0, 0.05) is 6.54 Å². The molecule has 2 heterocycles. The third-order valence-electron chi connectivity index (χ3n) is 8.65. The first-order valence-electron chi connectivity index (χ1n) is 16.8. The molecule has 1 aromatic heterocycles. The molecule has 55 heavy (non-hydrogen) atoms. The van der Waals surface area contributed by atoms with E-state index in [1.54, 1.807) is 65.6 Å². The smallest absolute Gasteiger partial charge is 0.349 e. The van der Waals surface area contributed by atoms with Gasteiger partial charge in [-0.25, -0.2) is 13.8 Å². The van der Waals surface area contributed by atoms with Crippen molar-refractivity contribution in [2.24, 2.45) is 0 Å². The predicted octanol–water partition coefficient (Wildman–Crippen LogP) is 8.82. The van der Waals surface area contributed by atoms with E-state index in [2.05, 4.69) is 10.1 Å². The van der Waals surface area contributed by atoms with Gasteiger partial charge in [0.2, 0.25) is 0 Å². The lowest BCUT2D eigenvalue weighted by Crippen LogP contribution is -2.46.